The Bertz CT molecular complexity index is 456. The lowest BCUT2D eigenvalue weighted by molar-refractivity contribution is 0.436. The first-order chi connectivity index (χ1) is 9.20. The van der Waals surface area contributed by atoms with Crippen molar-refractivity contribution in [3.63, 3.8) is 0 Å². The first-order valence-corrected chi connectivity index (χ1v) is 7.50. The molecule has 0 heterocycles. The minimum atomic E-state index is -0.222. The van der Waals surface area contributed by atoms with E-state index in [1.807, 2.05) is 25.1 Å². The summed E-state index contributed by atoms with van der Waals surface area (Å²) in [6.07, 6.45) is 7.57. The summed E-state index contributed by atoms with van der Waals surface area (Å²) in [5, 5.41) is 13.7. The van der Waals surface area contributed by atoms with Crippen LogP contribution >= 0.6 is 11.6 Å². The number of benzene rings is 1. The van der Waals surface area contributed by atoms with Gasteiger partial charge in [-0.05, 0) is 43.0 Å². The van der Waals surface area contributed by atoms with Gasteiger partial charge in [-0.25, -0.2) is 0 Å². The van der Waals surface area contributed by atoms with Crippen molar-refractivity contribution in [2.45, 2.75) is 57.5 Å². The van der Waals surface area contributed by atoms with Crippen LogP contribution in [-0.2, 0) is 0 Å². The normalized spacial score (nSPS) is 18.6. The number of aryl methyl sites for hydroxylation is 1. The smallest absolute Gasteiger partial charge is 0.121 e. The molecule has 0 saturated heterocycles. The largest absolute Gasteiger partial charge is 0.295 e. The standard InChI is InChI=1S/C16H21ClN2/c1-12-10-13(17)8-9-15(12)16(11-18)19-14-6-4-2-3-5-7-14/h8-10,14,16,19H,2-7H2,1H3. The van der Waals surface area contributed by atoms with Gasteiger partial charge < -0.3 is 0 Å². The van der Waals surface area contributed by atoms with Gasteiger partial charge in [0.1, 0.15) is 6.04 Å². The maximum Gasteiger partial charge on any atom is 0.121 e. The second kappa shape index (κ2) is 6.93. The number of hydrogen-bond donors (Lipinski definition) is 1. The van der Waals surface area contributed by atoms with Crippen LogP contribution < -0.4 is 5.32 Å². The second-order valence-corrected chi connectivity index (χ2v) is 5.85. The van der Waals surface area contributed by atoms with E-state index in [1.54, 1.807) is 0 Å². The fourth-order valence-corrected chi connectivity index (χ4v) is 3.07. The van der Waals surface area contributed by atoms with E-state index in [0.717, 1.165) is 16.1 Å². The Kier molecular flexibility index (Phi) is 5.24. The van der Waals surface area contributed by atoms with Crippen molar-refractivity contribution in [2.24, 2.45) is 0 Å². The number of hydrogen-bond acceptors (Lipinski definition) is 2. The van der Waals surface area contributed by atoms with Crippen molar-refractivity contribution in [3.8, 4) is 6.07 Å². The number of nitrogens with one attached hydrogen (secondary N) is 1. The molecule has 1 saturated carbocycles. The third kappa shape index (κ3) is 3.96. The average Bonchev–Trinajstić information content (AvgIpc) is 2.65. The van der Waals surface area contributed by atoms with Crippen molar-refractivity contribution in [1.29, 1.82) is 5.26 Å². The molecule has 0 bridgehead atoms. The minimum absolute atomic E-state index is 0.222. The van der Waals surface area contributed by atoms with Crippen molar-refractivity contribution in [1.82, 2.24) is 5.32 Å². The topological polar surface area (TPSA) is 35.8 Å². The molecular formula is C16H21ClN2. The molecule has 1 atom stereocenters. The lowest BCUT2D eigenvalue weighted by atomic mass is 10.00. The van der Waals surface area contributed by atoms with Crippen LogP contribution in [0.5, 0.6) is 0 Å². The van der Waals surface area contributed by atoms with E-state index < -0.39 is 0 Å². The van der Waals surface area contributed by atoms with Crippen molar-refractivity contribution in [3.05, 3.63) is 34.3 Å². The van der Waals surface area contributed by atoms with Crippen LogP contribution in [0, 0.1) is 18.3 Å². The summed E-state index contributed by atoms with van der Waals surface area (Å²) < 4.78 is 0. The van der Waals surface area contributed by atoms with E-state index in [2.05, 4.69) is 11.4 Å². The Balaban J connectivity index is 2.09. The molecule has 102 valence electrons. The van der Waals surface area contributed by atoms with Gasteiger partial charge in [0, 0.05) is 11.1 Å². The summed E-state index contributed by atoms with van der Waals surface area (Å²) in [5.74, 6) is 0. The number of rotatable bonds is 3. The lowest BCUT2D eigenvalue weighted by Crippen LogP contribution is -2.32. The van der Waals surface area contributed by atoms with Gasteiger partial charge >= 0.3 is 0 Å². The predicted molar refractivity (Wildman–Crippen MR) is 79.2 cm³/mol. The number of nitrogens with zero attached hydrogens (tertiary/aromatic N) is 1. The summed E-state index contributed by atoms with van der Waals surface area (Å²) in [6.45, 7) is 2.01. The van der Waals surface area contributed by atoms with E-state index in [1.165, 1.54) is 38.5 Å². The van der Waals surface area contributed by atoms with E-state index in [9.17, 15) is 5.26 Å². The second-order valence-electron chi connectivity index (χ2n) is 5.42. The molecule has 2 rings (SSSR count). The zero-order valence-electron chi connectivity index (χ0n) is 11.5. The Morgan fingerprint density at radius 1 is 1.26 bits per heavy atom. The SMILES string of the molecule is Cc1cc(Cl)ccc1C(C#N)NC1CCCCCC1. The van der Waals surface area contributed by atoms with E-state index >= 15 is 0 Å². The third-order valence-corrected chi connectivity index (χ3v) is 4.16. The summed E-state index contributed by atoms with van der Waals surface area (Å²) in [7, 11) is 0. The Hall–Kier alpha value is -1.04. The van der Waals surface area contributed by atoms with Gasteiger partial charge in [-0.15, -0.1) is 0 Å². The Morgan fingerprint density at radius 3 is 2.53 bits per heavy atom. The van der Waals surface area contributed by atoms with Gasteiger partial charge in [-0.3, -0.25) is 5.32 Å². The molecule has 0 spiro atoms. The zero-order valence-corrected chi connectivity index (χ0v) is 12.2. The molecule has 0 aliphatic heterocycles. The quantitative estimate of drug-likeness (QED) is 0.824. The summed E-state index contributed by atoms with van der Waals surface area (Å²) in [4.78, 5) is 0. The Morgan fingerprint density at radius 2 is 1.95 bits per heavy atom. The van der Waals surface area contributed by atoms with Crippen LogP contribution in [-0.4, -0.2) is 6.04 Å². The van der Waals surface area contributed by atoms with Gasteiger partial charge in [0.15, 0.2) is 0 Å². The monoisotopic (exact) mass is 276 g/mol. The van der Waals surface area contributed by atoms with Gasteiger partial charge in [0.05, 0.1) is 6.07 Å². The van der Waals surface area contributed by atoms with Crippen LogP contribution in [0.25, 0.3) is 0 Å². The van der Waals surface area contributed by atoms with Crippen LogP contribution in [0.15, 0.2) is 18.2 Å². The molecule has 1 fully saturated rings. The first kappa shape index (κ1) is 14.4. The van der Waals surface area contributed by atoms with E-state index in [0.29, 0.717) is 6.04 Å². The number of nitriles is 1. The molecule has 2 nitrogen and oxygen atoms in total. The molecule has 1 unspecified atom stereocenters. The zero-order chi connectivity index (χ0) is 13.7. The molecule has 3 heteroatoms. The number of halogens is 1. The summed E-state index contributed by atoms with van der Waals surface area (Å²) >= 11 is 5.97. The third-order valence-electron chi connectivity index (χ3n) is 3.93. The van der Waals surface area contributed by atoms with Crippen LogP contribution in [0.1, 0.15) is 55.7 Å². The fourth-order valence-electron chi connectivity index (χ4n) is 2.84. The highest BCUT2D eigenvalue weighted by molar-refractivity contribution is 6.30. The summed E-state index contributed by atoms with van der Waals surface area (Å²) in [6, 6.07) is 8.40. The molecule has 19 heavy (non-hydrogen) atoms. The van der Waals surface area contributed by atoms with Crippen molar-refractivity contribution in [2.75, 3.05) is 0 Å². The molecule has 1 aliphatic rings. The highest BCUT2D eigenvalue weighted by atomic mass is 35.5. The van der Waals surface area contributed by atoms with Crippen LogP contribution in [0.3, 0.4) is 0 Å². The maximum absolute atomic E-state index is 9.43. The van der Waals surface area contributed by atoms with E-state index in [4.69, 9.17) is 11.6 Å². The molecule has 1 aliphatic carbocycles. The summed E-state index contributed by atoms with van der Waals surface area (Å²) in [5.41, 5.74) is 2.14. The molecule has 1 aromatic rings. The minimum Gasteiger partial charge on any atom is -0.295 e. The molecule has 1 N–H and O–H groups in total. The predicted octanol–water partition coefficient (Wildman–Crippen LogP) is 4.53. The highest BCUT2D eigenvalue weighted by Crippen LogP contribution is 2.24. The molecule has 0 amide bonds. The van der Waals surface area contributed by atoms with Crippen LogP contribution in [0.4, 0.5) is 0 Å². The fraction of sp³-hybridized carbons (Fsp3) is 0.562. The van der Waals surface area contributed by atoms with Crippen molar-refractivity contribution >= 4 is 11.6 Å². The van der Waals surface area contributed by atoms with Crippen LogP contribution in [0.2, 0.25) is 5.02 Å². The van der Waals surface area contributed by atoms with Crippen molar-refractivity contribution < 1.29 is 0 Å². The van der Waals surface area contributed by atoms with Gasteiger partial charge in [0.25, 0.3) is 0 Å². The molecular weight excluding hydrogens is 256 g/mol. The highest BCUT2D eigenvalue weighted by Gasteiger charge is 2.19. The van der Waals surface area contributed by atoms with Gasteiger partial charge in [0.2, 0.25) is 0 Å². The molecule has 0 aromatic heterocycles. The maximum atomic E-state index is 9.43. The first-order valence-electron chi connectivity index (χ1n) is 7.12. The molecule has 0 radical (unpaired) electrons. The van der Waals surface area contributed by atoms with Gasteiger partial charge in [-0.1, -0.05) is 43.4 Å². The van der Waals surface area contributed by atoms with Gasteiger partial charge in [-0.2, -0.15) is 5.26 Å². The molecule has 1 aromatic carbocycles. The van der Waals surface area contributed by atoms with E-state index in [-0.39, 0.29) is 6.04 Å². The average molecular weight is 277 g/mol. The Labute approximate surface area is 120 Å². The lowest BCUT2D eigenvalue weighted by Gasteiger charge is -2.21.